The number of nitrogen functional groups attached to an aromatic ring is 1. The van der Waals surface area contributed by atoms with E-state index in [0.29, 0.717) is 28.7 Å². The fourth-order valence-corrected chi connectivity index (χ4v) is 1.81. The van der Waals surface area contributed by atoms with Crippen molar-refractivity contribution in [1.82, 2.24) is 10.1 Å². The second kappa shape index (κ2) is 5.71. The van der Waals surface area contributed by atoms with Gasteiger partial charge in [-0.05, 0) is 18.6 Å². The smallest absolute Gasteiger partial charge is 0.261 e. The first-order valence-corrected chi connectivity index (χ1v) is 5.99. The molecule has 0 radical (unpaired) electrons. The molecule has 0 aliphatic heterocycles. The molecule has 2 rings (SSSR count). The molecule has 0 bridgehead atoms. The van der Waals surface area contributed by atoms with Gasteiger partial charge in [-0.2, -0.15) is 4.98 Å². The lowest BCUT2D eigenvalue weighted by Crippen LogP contribution is -2.01. The van der Waals surface area contributed by atoms with Crippen molar-refractivity contribution >= 4 is 5.69 Å². The van der Waals surface area contributed by atoms with Gasteiger partial charge in [-0.25, -0.2) is 0 Å². The van der Waals surface area contributed by atoms with Gasteiger partial charge in [0, 0.05) is 18.9 Å². The van der Waals surface area contributed by atoms with E-state index < -0.39 is 0 Å². The Labute approximate surface area is 111 Å². The summed E-state index contributed by atoms with van der Waals surface area (Å²) < 4.78 is 15.8. The number of benzene rings is 1. The first-order valence-electron chi connectivity index (χ1n) is 5.99. The number of methoxy groups -OCH3 is 2. The Morgan fingerprint density at radius 1 is 1.37 bits per heavy atom. The van der Waals surface area contributed by atoms with E-state index in [1.54, 1.807) is 32.4 Å². The van der Waals surface area contributed by atoms with Crippen molar-refractivity contribution in [3.05, 3.63) is 24.0 Å². The summed E-state index contributed by atoms with van der Waals surface area (Å²) in [6, 6.07) is 5.27. The van der Waals surface area contributed by atoms with Gasteiger partial charge < -0.3 is 19.7 Å². The molecule has 1 unspecified atom stereocenters. The Morgan fingerprint density at radius 3 is 2.79 bits per heavy atom. The number of nitrogens with zero attached hydrogens (tertiary/aromatic N) is 2. The highest BCUT2D eigenvalue weighted by Crippen LogP contribution is 2.31. The average molecular weight is 263 g/mol. The molecule has 1 heterocycles. The van der Waals surface area contributed by atoms with Crippen molar-refractivity contribution in [3.8, 4) is 17.2 Å². The van der Waals surface area contributed by atoms with E-state index >= 15 is 0 Å². The van der Waals surface area contributed by atoms with Crippen molar-refractivity contribution < 1.29 is 14.0 Å². The first kappa shape index (κ1) is 13.4. The Hall–Kier alpha value is -2.08. The predicted molar refractivity (Wildman–Crippen MR) is 70.7 cm³/mol. The van der Waals surface area contributed by atoms with Crippen LogP contribution in [0.5, 0.6) is 5.75 Å². The zero-order valence-electron chi connectivity index (χ0n) is 11.2. The number of anilines is 1. The number of nitrogens with two attached hydrogens (primary N) is 1. The summed E-state index contributed by atoms with van der Waals surface area (Å²) in [6.45, 7) is 1.99. The zero-order valence-corrected chi connectivity index (χ0v) is 11.2. The largest absolute Gasteiger partial charge is 0.496 e. The SMILES string of the molecule is CCC(OC)c1noc(-c2ccc(N)cc2OC)n1. The molecule has 0 aliphatic rings. The van der Waals surface area contributed by atoms with Gasteiger partial charge in [0.25, 0.3) is 5.89 Å². The quantitative estimate of drug-likeness (QED) is 0.834. The average Bonchev–Trinajstić information content (AvgIpc) is 2.89. The number of rotatable bonds is 5. The zero-order chi connectivity index (χ0) is 13.8. The minimum atomic E-state index is -0.169. The van der Waals surface area contributed by atoms with E-state index in [2.05, 4.69) is 10.1 Å². The highest BCUT2D eigenvalue weighted by Gasteiger charge is 2.19. The Kier molecular flexibility index (Phi) is 4.01. The maximum absolute atomic E-state index is 5.71. The summed E-state index contributed by atoms with van der Waals surface area (Å²) in [6.07, 6.45) is 0.603. The third-order valence-corrected chi connectivity index (χ3v) is 2.84. The topological polar surface area (TPSA) is 83.4 Å². The first-order chi connectivity index (χ1) is 9.19. The Morgan fingerprint density at radius 2 is 2.16 bits per heavy atom. The molecule has 0 amide bonds. The van der Waals surface area contributed by atoms with Crippen LogP contribution in [-0.2, 0) is 4.74 Å². The molecule has 2 N–H and O–H groups in total. The molecule has 0 saturated carbocycles. The van der Waals surface area contributed by atoms with Crippen LogP contribution in [0.4, 0.5) is 5.69 Å². The number of aromatic nitrogens is 2. The molecule has 2 aromatic rings. The van der Waals surface area contributed by atoms with Gasteiger partial charge in [0.2, 0.25) is 5.82 Å². The number of hydrogen-bond donors (Lipinski definition) is 1. The highest BCUT2D eigenvalue weighted by molar-refractivity contribution is 5.66. The van der Waals surface area contributed by atoms with Crippen LogP contribution in [0, 0.1) is 0 Å². The van der Waals surface area contributed by atoms with Crippen molar-refractivity contribution in [3.63, 3.8) is 0 Å². The molecule has 1 aromatic carbocycles. The minimum absolute atomic E-state index is 0.169. The van der Waals surface area contributed by atoms with E-state index in [0.717, 1.165) is 6.42 Å². The third kappa shape index (κ3) is 2.68. The van der Waals surface area contributed by atoms with Gasteiger partial charge in [-0.15, -0.1) is 0 Å². The fraction of sp³-hybridized carbons (Fsp3) is 0.385. The van der Waals surface area contributed by atoms with E-state index in [1.165, 1.54) is 0 Å². The summed E-state index contributed by atoms with van der Waals surface area (Å²) in [5.41, 5.74) is 7.04. The molecule has 0 aliphatic carbocycles. The van der Waals surface area contributed by atoms with Crippen LogP contribution in [-0.4, -0.2) is 24.4 Å². The molecule has 19 heavy (non-hydrogen) atoms. The van der Waals surface area contributed by atoms with E-state index in [9.17, 15) is 0 Å². The predicted octanol–water partition coefficient (Wildman–Crippen LogP) is 2.42. The van der Waals surface area contributed by atoms with Crippen LogP contribution < -0.4 is 10.5 Å². The lowest BCUT2D eigenvalue weighted by Gasteiger charge is -2.07. The van der Waals surface area contributed by atoms with Gasteiger partial charge >= 0.3 is 0 Å². The second-order valence-electron chi connectivity index (χ2n) is 4.05. The van der Waals surface area contributed by atoms with Gasteiger partial charge in [-0.3, -0.25) is 0 Å². The van der Waals surface area contributed by atoms with Gasteiger partial charge in [-0.1, -0.05) is 12.1 Å². The van der Waals surface area contributed by atoms with Gasteiger partial charge in [0.15, 0.2) is 0 Å². The number of hydrogen-bond acceptors (Lipinski definition) is 6. The lowest BCUT2D eigenvalue weighted by molar-refractivity contribution is 0.0903. The van der Waals surface area contributed by atoms with Gasteiger partial charge in [0.1, 0.15) is 11.9 Å². The normalized spacial score (nSPS) is 12.4. The van der Waals surface area contributed by atoms with E-state index in [4.69, 9.17) is 19.7 Å². The molecule has 0 fully saturated rings. The van der Waals surface area contributed by atoms with Crippen LogP contribution in [0.1, 0.15) is 25.3 Å². The van der Waals surface area contributed by atoms with Crippen molar-refractivity contribution in [2.45, 2.75) is 19.4 Å². The molecule has 0 spiro atoms. The van der Waals surface area contributed by atoms with Crippen LogP contribution in [0.3, 0.4) is 0 Å². The lowest BCUT2D eigenvalue weighted by atomic mass is 10.2. The van der Waals surface area contributed by atoms with Crippen LogP contribution in [0.15, 0.2) is 22.7 Å². The molecular formula is C13H17N3O3. The summed E-state index contributed by atoms with van der Waals surface area (Å²) in [5.74, 6) is 1.52. The monoisotopic (exact) mass is 263 g/mol. The fourth-order valence-electron chi connectivity index (χ4n) is 1.81. The maximum atomic E-state index is 5.71. The molecule has 1 aromatic heterocycles. The number of ether oxygens (including phenoxy) is 2. The van der Waals surface area contributed by atoms with Crippen LogP contribution in [0.25, 0.3) is 11.5 Å². The molecule has 102 valence electrons. The summed E-state index contributed by atoms with van der Waals surface area (Å²) in [4.78, 5) is 4.34. The summed E-state index contributed by atoms with van der Waals surface area (Å²) in [7, 11) is 3.19. The van der Waals surface area contributed by atoms with E-state index in [1.807, 2.05) is 6.92 Å². The molecule has 0 saturated heterocycles. The molecular weight excluding hydrogens is 246 g/mol. The van der Waals surface area contributed by atoms with Crippen molar-refractivity contribution in [2.75, 3.05) is 20.0 Å². The van der Waals surface area contributed by atoms with Crippen LogP contribution in [0.2, 0.25) is 0 Å². The minimum Gasteiger partial charge on any atom is -0.496 e. The Bertz CT molecular complexity index is 550. The summed E-state index contributed by atoms with van der Waals surface area (Å²) >= 11 is 0. The van der Waals surface area contributed by atoms with Gasteiger partial charge in [0.05, 0.1) is 12.7 Å². The molecule has 1 atom stereocenters. The standard InChI is InChI=1S/C13H17N3O3/c1-4-10(17-2)12-15-13(19-16-12)9-6-5-8(14)7-11(9)18-3/h5-7,10H,4,14H2,1-3H3. The molecule has 6 nitrogen and oxygen atoms in total. The summed E-state index contributed by atoms with van der Waals surface area (Å²) in [5, 5.41) is 3.93. The van der Waals surface area contributed by atoms with Crippen molar-refractivity contribution in [1.29, 1.82) is 0 Å². The Balaban J connectivity index is 2.37. The second-order valence-corrected chi connectivity index (χ2v) is 4.05. The van der Waals surface area contributed by atoms with Crippen molar-refractivity contribution in [2.24, 2.45) is 0 Å². The maximum Gasteiger partial charge on any atom is 0.261 e. The van der Waals surface area contributed by atoms with Crippen LogP contribution >= 0.6 is 0 Å². The van der Waals surface area contributed by atoms with E-state index in [-0.39, 0.29) is 6.10 Å². The molecule has 6 heteroatoms. The third-order valence-electron chi connectivity index (χ3n) is 2.84. The highest BCUT2D eigenvalue weighted by atomic mass is 16.5.